The van der Waals surface area contributed by atoms with Crippen molar-refractivity contribution in [1.29, 1.82) is 0 Å². The molecule has 1 aromatic carbocycles. The number of alkyl halides is 6. The van der Waals surface area contributed by atoms with Gasteiger partial charge in [-0.1, -0.05) is 31.0 Å². The molecule has 2 atom stereocenters. The Balaban J connectivity index is 2.09. The molecule has 1 N–H and O–H groups in total. The molecule has 29 heavy (non-hydrogen) atoms. The first-order chi connectivity index (χ1) is 13.4. The van der Waals surface area contributed by atoms with Crippen LogP contribution >= 0.6 is 0 Å². The molecule has 0 bridgehead atoms. The van der Waals surface area contributed by atoms with Crippen molar-refractivity contribution < 1.29 is 40.7 Å². The standard InChI is InChI=1S/C19H21F6NO3/c1-11(26-17(28)12-6-2-3-7-12)10-15(27)29-16(19(23,24)25)13-8-4-5-9-14(13)18(20,21)22/h4-5,8-9,11-12,16H,2-3,6-7,10H2,1H3,(H,26,28)/t11-,16+/m1/s1. The van der Waals surface area contributed by atoms with Crippen LogP contribution in [0, 0.1) is 5.92 Å². The lowest BCUT2D eigenvalue weighted by molar-refractivity contribution is -0.226. The lowest BCUT2D eigenvalue weighted by Gasteiger charge is -2.25. The van der Waals surface area contributed by atoms with Gasteiger partial charge in [-0.15, -0.1) is 0 Å². The van der Waals surface area contributed by atoms with Crippen LogP contribution < -0.4 is 5.32 Å². The lowest BCUT2D eigenvalue weighted by Crippen LogP contribution is -2.38. The maximum atomic E-state index is 13.4. The zero-order valence-corrected chi connectivity index (χ0v) is 15.6. The summed E-state index contributed by atoms with van der Waals surface area (Å²) < 4.78 is 83.8. The first-order valence-electron chi connectivity index (χ1n) is 9.12. The number of carbonyl (C=O) groups is 2. The van der Waals surface area contributed by atoms with Gasteiger partial charge in [-0.05, 0) is 25.8 Å². The molecule has 0 heterocycles. The zero-order valence-electron chi connectivity index (χ0n) is 15.6. The average Bonchev–Trinajstić information content (AvgIpc) is 3.12. The molecule has 0 saturated heterocycles. The molecule has 0 unspecified atom stereocenters. The Morgan fingerprint density at radius 2 is 1.69 bits per heavy atom. The van der Waals surface area contributed by atoms with Crippen LogP contribution in [0.15, 0.2) is 24.3 Å². The number of benzene rings is 1. The largest absolute Gasteiger partial charge is 0.448 e. The highest BCUT2D eigenvalue weighted by Gasteiger charge is 2.48. The predicted octanol–water partition coefficient (Wildman–Crippen LogP) is 4.94. The third-order valence-electron chi connectivity index (χ3n) is 4.68. The summed E-state index contributed by atoms with van der Waals surface area (Å²) in [5.41, 5.74) is -2.72. The number of rotatable bonds is 6. The molecule has 10 heteroatoms. The molecule has 0 aliphatic heterocycles. The number of halogens is 6. The van der Waals surface area contributed by atoms with Gasteiger partial charge in [-0.2, -0.15) is 26.3 Å². The summed E-state index contributed by atoms with van der Waals surface area (Å²) in [6, 6.07) is 2.25. The molecule has 1 aliphatic carbocycles. The second kappa shape index (κ2) is 9.04. The first kappa shape index (κ1) is 23.0. The van der Waals surface area contributed by atoms with Crippen molar-refractivity contribution in [1.82, 2.24) is 5.32 Å². The highest BCUT2D eigenvalue weighted by Crippen LogP contribution is 2.42. The van der Waals surface area contributed by atoms with Gasteiger partial charge in [-0.3, -0.25) is 9.59 Å². The minimum atomic E-state index is -5.24. The minimum absolute atomic E-state index is 0.199. The Labute approximate surface area is 163 Å². The highest BCUT2D eigenvalue weighted by molar-refractivity contribution is 5.80. The maximum absolute atomic E-state index is 13.4. The van der Waals surface area contributed by atoms with E-state index in [9.17, 15) is 35.9 Å². The molecule has 1 fully saturated rings. The molecule has 4 nitrogen and oxygen atoms in total. The average molecular weight is 425 g/mol. The molecule has 0 radical (unpaired) electrons. The van der Waals surface area contributed by atoms with Crippen molar-refractivity contribution >= 4 is 11.9 Å². The molecule has 1 saturated carbocycles. The van der Waals surface area contributed by atoms with Crippen molar-refractivity contribution in [2.45, 2.75) is 63.5 Å². The fourth-order valence-electron chi connectivity index (χ4n) is 3.32. The van der Waals surface area contributed by atoms with Gasteiger partial charge in [0.25, 0.3) is 0 Å². The van der Waals surface area contributed by atoms with E-state index in [0.29, 0.717) is 25.0 Å². The topological polar surface area (TPSA) is 55.4 Å². The molecule has 0 spiro atoms. The molecular formula is C19H21F6NO3. The van der Waals surface area contributed by atoms with Crippen molar-refractivity contribution in [2.75, 3.05) is 0 Å². The zero-order chi connectivity index (χ0) is 21.8. The van der Waals surface area contributed by atoms with Gasteiger partial charge in [0.2, 0.25) is 12.0 Å². The van der Waals surface area contributed by atoms with Crippen molar-refractivity contribution in [2.24, 2.45) is 5.92 Å². The predicted molar refractivity (Wildman–Crippen MR) is 90.5 cm³/mol. The molecule has 0 aromatic heterocycles. The normalized spacial score (nSPS) is 17.6. The Bertz CT molecular complexity index is 725. The fraction of sp³-hybridized carbons (Fsp3) is 0.579. The summed E-state index contributed by atoms with van der Waals surface area (Å²) in [6.45, 7) is 1.42. The van der Waals surface area contributed by atoms with Gasteiger partial charge < -0.3 is 10.1 Å². The molecule has 1 aliphatic rings. The van der Waals surface area contributed by atoms with Crippen LogP contribution in [0.4, 0.5) is 26.3 Å². The fourth-order valence-corrected chi connectivity index (χ4v) is 3.32. The van der Waals surface area contributed by atoms with Crippen molar-refractivity contribution in [3.8, 4) is 0 Å². The summed E-state index contributed by atoms with van der Waals surface area (Å²) in [7, 11) is 0. The van der Waals surface area contributed by atoms with Gasteiger partial charge in [0.05, 0.1) is 12.0 Å². The van der Waals surface area contributed by atoms with E-state index in [2.05, 4.69) is 10.1 Å². The van der Waals surface area contributed by atoms with E-state index < -0.39 is 48.0 Å². The summed E-state index contributed by atoms with van der Waals surface area (Å²) in [4.78, 5) is 24.0. The van der Waals surface area contributed by atoms with E-state index in [0.717, 1.165) is 25.0 Å². The van der Waals surface area contributed by atoms with E-state index in [1.165, 1.54) is 6.92 Å². The number of esters is 1. The summed E-state index contributed by atoms with van der Waals surface area (Å²) in [5, 5.41) is 2.54. The minimum Gasteiger partial charge on any atom is -0.448 e. The quantitative estimate of drug-likeness (QED) is 0.519. The van der Waals surface area contributed by atoms with Crippen LogP contribution in [0.1, 0.15) is 56.3 Å². The van der Waals surface area contributed by atoms with E-state index in [1.54, 1.807) is 0 Å². The molecule has 162 valence electrons. The number of hydrogen-bond donors (Lipinski definition) is 1. The van der Waals surface area contributed by atoms with Crippen LogP contribution in [-0.2, 0) is 20.5 Å². The van der Waals surface area contributed by atoms with Crippen LogP contribution in [-0.4, -0.2) is 24.1 Å². The van der Waals surface area contributed by atoms with Crippen LogP contribution in [0.2, 0.25) is 0 Å². The third kappa shape index (κ3) is 6.37. The Hall–Kier alpha value is -2.26. The Morgan fingerprint density at radius 1 is 1.10 bits per heavy atom. The number of hydrogen-bond acceptors (Lipinski definition) is 3. The lowest BCUT2D eigenvalue weighted by atomic mass is 10.0. The van der Waals surface area contributed by atoms with Crippen molar-refractivity contribution in [3.63, 3.8) is 0 Å². The first-order valence-corrected chi connectivity index (χ1v) is 9.12. The summed E-state index contributed by atoms with van der Waals surface area (Å²) in [5.74, 6) is -1.85. The monoisotopic (exact) mass is 425 g/mol. The molecule has 1 aromatic rings. The van der Waals surface area contributed by atoms with Crippen LogP contribution in [0.3, 0.4) is 0 Å². The number of nitrogens with one attached hydrogen (secondary N) is 1. The van der Waals surface area contributed by atoms with Gasteiger partial charge in [0.1, 0.15) is 0 Å². The van der Waals surface area contributed by atoms with Crippen LogP contribution in [0.5, 0.6) is 0 Å². The Morgan fingerprint density at radius 3 is 2.24 bits per heavy atom. The summed E-state index contributed by atoms with van der Waals surface area (Å²) in [6.07, 6.45) is -10.7. The second-order valence-electron chi connectivity index (χ2n) is 7.09. The molecule has 2 rings (SSSR count). The van der Waals surface area contributed by atoms with Gasteiger partial charge in [-0.25, -0.2) is 0 Å². The van der Waals surface area contributed by atoms with E-state index in [4.69, 9.17) is 0 Å². The summed E-state index contributed by atoms with van der Waals surface area (Å²) >= 11 is 0. The number of ether oxygens (including phenoxy) is 1. The van der Waals surface area contributed by atoms with Crippen LogP contribution in [0.25, 0.3) is 0 Å². The third-order valence-corrected chi connectivity index (χ3v) is 4.68. The Kier molecular flexibility index (Phi) is 7.18. The number of amides is 1. The van der Waals surface area contributed by atoms with Crippen molar-refractivity contribution in [3.05, 3.63) is 35.4 Å². The van der Waals surface area contributed by atoms with E-state index >= 15 is 0 Å². The second-order valence-corrected chi connectivity index (χ2v) is 7.09. The molecular weight excluding hydrogens is 404 g/mol. The number of carbonyl (C=O) groups excluding carboxylic acids is 2. The smallest absolute Gasteiger partial charge is 0.429 e. The van der Waals surface area contributed by atoms with Gasteiger partial charge in [0, 0.05) is 17.5 Å². The van der Waals surface area contributed by atoms with E-state index in [-0.39, 0.29) is 11.8 Å². The van der Waals surface area contributed by atoms with Gasteiger partial charge >= 0.3 is 18.3 Å². The highest BCUT2D eigenvalue weighted by atomic mass is 19.4. The maximum Gasteiger partial charge on any atom is 0.429 e. The van der Waals surface area contributed by atoms with Gasteiger partial charge in [0.15, 0.2) is 0 Å². The van der Waals surface area contributed by atoms with E-state index in [1.807, 2.05) is 0 Å². The SMILES string of the molecule is C[C@H](CC(=O)O[C@@H](c1ccccc1C(F)(F)F)C(F)(F)F)NC(=O)C1CCCC1. The molecule has 1 amide bonds.